The van der Waals surface area contributed by atoms with Gasteiger partial charge in [-0.3, -0.25) is 0 Å². The molecule has 0 unspecified atom stereocenters. The van der Waals surface area contributed by atoms with Crippen LogP contribution in [0.3, 0.4) is 0 Å². The van der Waals surface area contributed by atoms with E-state index < -0.39 is 4.92 Å². The predicted molar refractivity (Wildman–Crippen MR) is 73.4 cm³/mol. The van der Waals surface area contributed by atoms with Gasteiger partial charge in [-0.05, 0) is 22.6 Å². The number of ether oxygens (including phenoxy) is 1. The van der Waals surface area contributed by atoms with Crippen LogP contribution in [0.2, 0.25) is 0 Å². The SMILES string of the molecule is Cc1ncc([N+](=O)[O-])n1CCOc1ccc(CN)cc1. The summed E-state index contributed by atoms with van der Waals surface area (Å²) in [5.74, 6) is 1.28. The van der Waals surface area contributed by atoms with Crippen LogP contribution in [0.5, 0.6) is 5.75 Å². The minimum atomic E-state index is -0.448. The smallest absolute Gasteiger partial charge is 0.342 e. The minimum absolute atomic E-state index is 0.0235. The van der Waals surface area contributed by atoms with Gasteiger partial charge in [-0.15, -0.1) is 0 Å². The van der Waals surface area contributed by atoms with Crippen molar-refractivity contribution in [1.82, 2.24) is 9.55 Å². The fourth-order valence-electron chi connectivity index (χ4n) is 1.85. The summed E-state index contributed by atoms with van der Waals surface area (Å²) in [7, 11) is 0. The Kier molecular flexibility index (Phi) is 4.31. The molecular formula is C13H16N4O3. The molecule has 2 N–H and O–H groups in total. The third-order valence-electron chi connectivity index (χ3n) is 2.96. The molecule has 0 spiro atoms. The summed E-state index contributed by atoms with van der Waals surface area (Å²) in [6.45, 7) is 2.92. The van der Waals surface area contributed by atoms with E-state index in [1.165, 1.54) is 10.8 Å². The van der Waals surface area contributed by atoms with Crippen LogP contribution in [0.25, 0.3) is 0 Å². The van der Waals surface area contributed by atoms with E-state index in [-0.39, 0.29) is 5.82 Å². The van der Waals surface area contributed by atoms with Crippen molar-refractivity contribution in [2.75, 3.05) is 6.61 Å². The molecular weight excluding hydrogens is 260 g/mol. The van der Waals surface area contributed by atoms with E-state index in [1.807, 2.05) is 24.3 Å². The van der Waals surface area contributed by atoms with Gasteiger partial charge >= 0.3 is 5.82 Å². The molecule has 0 amide bonds. The van der Waals surface area contributed by atoms with Crippen LogP contribution < -0.4 is 10.5 Å². The number of nitro groups is 1. The first-order valence-corrected chi connectivity index (χ1v) is 6.20. The zero-order chi connectivity index (χ0) is 14.5. The highest BCUT2D eigenvalue weighted by Crippen LogP contribution is 2.15. The van der Waals surface area contributed by atoms with Crippen molar-refractivity contribution in [1.29, 1.82) is 0 Å². The van der Waals surface area contributed by atoms with Gasteiger partial charge in [0.15, 0.2) is 5.82 Å². The maximum Gasteiger partial charge on any atom is 0.342 e. The Morgan fingerprint density at radius 2 is 2.10 bits per heavy atom. The molecule has 0 saturated carbocycles. The van der Waals surface area contributed by atoms with E-state index in [0.717, 1.165) is 5.56 Å². The quantitative estimate of drug-likeness (QED) is 0.639. The molecule has 2 aromatic rings. The summed E-state index contributed by atoms with van der Waals surface area (Å²) >= 11 is 0. The van der Waals surface area contributed by atoms with Crippen LogP contribution >= 0.6 is 0 Å². The van der Waals surface area contributed by atoms with Gasteiger partial charge in [-0.2, -0.15) is 0 Å². The Morgan fingerprint density at radius 3 is 2.70 bits per heavy atom. The van der Waals surface area contributed by atoms with Crippen molar-refractivity contribution in [3.8, 4) is 5.75 Å². The number of rotatable bonds is 6. The number of nitrogens with two attached hydrogens (primary N) is 1. The van der Waals surface area contributed by atoms with Crippen molar-refractivity contribution in [3.05, 3.63) is 52.0 Å². The molecule has 0 radical (unpaired) electrons. The third-order valence-corrected chi connectivity index (χ3v) is 2.96. The predicted octanol–water partition coefficient (Wildman–Crippen LogP) is 1.64. The number of hydrogen-bond acceptors (Lipinski definition) is 5. The van der Waals surface area contributed by atoms with Gasteiger partial charge in [0.25, 0.3) is 0 Å². The first-order valence-electron chi connectivity index (χ1n) is 6.20. The summed E-state index contributed by atoms with van der Waals surface area (Å²) < 4.78 is 7.08. The minimum Gasteiger partial charge on any atom is -0.489 e. The summed E-state index contributed by atoms with van der Waals surface area (Å²) in [4.78, 5) is 14.3. The summed E-state index contributed by atoms with van der Waals surface area (Å²) in [5, 5.41) is 10.8. The molecule has 0 aliphatic rings. The van der Waals surface area contributed by atoms with Crippen molar-refractivity contribution in [2.45, 2.75) is 20.0 Å². The lowest BCUT2D eigenvalue weighted by Crippen LogP contribution is -2.11. The van der Waals surface area contributed by atoms with Gasteiger partial charge < -0.3 is 20.6 Å². The summed E-state index contributed by atoms with van der Waals surface area (Å²) in [5.41, 5.74) is 6.54. The number of aromatic nitrogens is 2. The largest absolute Gasteiger partial charge is 0.489 e. The molecule has 0 saturated heterocycles. The molecule has 0 fully saturated rings. The molecule has 7 nitrogen and oxygen atoms in total. The van der Waals surface area contributed by atoms with Crippen LogP contribution in [0.15, 0.2) is 30.5 Å². The van der Waals surface area contributed by atoms with E-state index in [2.05, 4.69) is 4.98 Å². The van der Waals surface area contributed by atoms with E-state index in [0.29, 0.717) is 31.3 Å². The highest BCUT2D eigenvalue weighted by atomic mass is 16.6. The Morgan fingerprint density at radius 1 is 1.40 bits per heavy atom. The second-order valence-corrected chi connectivity index (χ2v) is 4.27. The molecule has 2 rings (SSSR count). The lowest BCUT2D eigenvalue weighted by atomic mass is 10.2. The molecule has 0 atom stereocenters. The van der Waals surface area contributed by atoms with Crippen LogP contribution in [0.1, 0.15) is 11.4 Å². The van der Waals surface area contributed by atoms with Crippen molar-refractivity contribution in [3.63, 3.8) is 0 Å². The lowest BCUT2D eigenvalue weighted by molar-refractivity contribution is -0.392. The zero-order valence-electron chi connectivity index (χ0n) is 11.2. The molecule has 106 valence electrons. The Bertz CT molecular complexity index is 592. The first-order chi connectivity index (χ1) is 9.61. The van der Waals surface area contributed by atoms with Crippen LogP contribution in [0, 0.1) is 17.0 Å². The van der Waals surface area contributed by atoms with Gasteiger partial charge in [-0.25, -0.2) is 9.55 Å². The number of hydrogen-bond donors (Lipinski definition) is 1. The summed E-state index contributed by atoms with van der Waals surface area (Å²) in [6, 6.07) is 7.44. The normalized spacial score (nSPS) is 10.5. The molecule has 0 bridgehead atoms. The van der Waals surface area contributed by atoms with Crippen LogP contribution in [-0.4, -0.2) is 21.1 Å². The van der Waals surface area contributed by atoms with Crippen LogP contribution in [-0.2, 0) is 13.1 Å². The van der Waals surface area contributed by atoms with E-state index in [9.17, 15) is 10.1 Å². The number of aryl methyl sites for hydroxylation is 1. The second kappa shape index (κ2) is 6.16. The fourth-order valence-corrected chi connectivity index (χ4v) is 1.85. The number of nitrogens with zero attached hydrogens (tertiary/aromatic N) is 3. The molecule has 1 heterocycles. The van der Waals surface area contributed by atoms with Gasteiger partial charge in [-0.1, -0.05) is 12.1 Å². The van der Waals surface area contributed by atoms with Crippen molar-refractivity contribution in [2.24, 2.45) is 5.73 Å². The highest BCUT2D eigenvalue weighted by molar-refractivity contribution is 5.27. The molecule has 20 heavy (non-hydrogen) atoms. The Hall–Kier alpha value is -2.41. The van der Waals surface area contributed by atoms with Gasteiger partial charge in [0.1, 0.15) is 25.1 Å². The van der Waals surface area contributed by atoms with Gasteiger partial charge in [0, 0.05) is 13.5 Å². The monoisotopic (exact) mass is 276 g/mol. The highest BCUT2D eigenvalue weighted by Gasteiger charge is 2.16. The van der Waals surface area contributed by atoms with E-state index in [1.54, 1.807) is 6.92 Å². The van der Waals surface area contributed by atoms with E-state index in [4.69, 9.17) is 10.5 Å². The van der Waals surface area contributed by atoms with E-state index >= 15 is 0 Å². The lowest BCUT2D eigenvalue weighted by Gasteiger charge is -2.07. The van der Waals surface area contributed by atoms with Crippen molar-refractivity contribution >= 4 is 5.82 Å². The Labute approximate surface area is 116 Å². The first kappa shape index (κ1) is 14.0. The Balaban J connectivity index is 1.95. The average Bonchev–Trinajstić information content (AvgIpc) is 2.81. The third kappa shape index (κ3) is 3.12. The second-order valence-electron chi connectivity index (χ2n) is 4.27. The van der Waals surface area contributed by atoms with Crippen LogP contribution in [0.4, 0.5) is 5.82 Å². The molecule has 7 heteroatoms. The summed E-state index contributed by atoms with van der Waals surface area (Å²) in [6.07, 6.45) is 1.26. The number of benzene rings is 1. The van der Waals surface area contributed by atoms with Gasteiger partial charge in [0.05, 0.1) is 0 Å². The molecule has 1 aromatic carbocycles. The molecule has 1 aromatic heterocycles. The topological polar surface area (TPSA) is 96.2 Å². The zero-order valence-corrected chi connectivity index (χ0v) is 11.2. The molecule has 0 aliphatic heterocycles. The van der Waals surface area contributed by atoms with Gasteiger partial charge in [0.2, 0.25) is 0 Å². The maximum atomic E-state index is 10.8. The maximum absolute atomic E-state index is 10.8. The fraction of sp³-hybridized carbons (Fsp3) is 0.308. The molecule has 0 aliphatic carbocycles. The standard InChI is InChI=1S/C13H16N4O3/c1-10-15-9-13(17(18)19)16(10)6-7-20-12-4-2-11(8-14)3-5-12/h2-5,9H,6-8,14H2,1H3. The average molecular weight is 276 g/mol. The number of imidazole rings is 1. The van der Waals surface area contributed by atoms with Crippen molar-refractivity contribution < 1.29 is 9.66 Å².